The van der Waals surface area contributed by atoms with Crippen molar-refractivity contribution >= 4 is 33.0 Å². The minimum Gasteiger partial charge on any atom is -0.378 e. The van der Waals surface area contributed by atoms with Gasteiger partial charge in [0.1, 0.15) is 4.47 Å². The lowest BCUT2D eigenvalue weighted by Gasteiger charge is -2.09. The third-order valence-electron chi connectivity index (χ3n) is 3.05. The zero-order valence-corrected chi connectivity index (χ0v) is 12.6. The number of halogens is 1. The number of rotatable bonds is 5. The van der Waals surface area contributed by atoms with Crippen molar-refractivity contribution in [1.29, 1.82) is 0 Å². The molecule has 0 saturated heterocycles. The number of hydrogen-bond acceptors (Lipinski definition) is 5. The summed E-state index contributed by atoms with van der Waals surface area (Å²) >= 11 is 4.94. The predicted octanol–water partition coefficient (Wildman–Crippen LogP) is 2.48. The lowest BCUT2D eigenvalue weighted by Crippen LogP contribution is -2.25. The summed E-state index contributed by atoms with van der Waals surface area (Å²) in [5.74, 6) is 0.633. The largest absolute Gasteiger partial charge is 0.378 e. The van der Waals surface area contributed by atoms with E-state index in [2.05, 4.69) is 31.3 Å². The molecule has 0 unspecified atom stereocenters. The second-order valence-electron chi connectivity index (χ2n) is 4.62. The standard InChI is InChI=1S/C12H13BrN4OS/c13-11-10(15-4-9-3-14-7-19-9)5-16-17(12(11)18)6-8-1-2-8/h3,5,7-8,15H,1-2,4,6H2. The molecule has 0 aromatic carbocycles. The van der Waals surface area contributed by atoms with Crippen LogP contribution in [0, 0.1) is 5.92 Å². The molecule has 2 aromatic rings. The van der Waals surface area contributed by atoms with Gasteiger partial charge in [-0.1, -0.05) is 0 Å². The Labute approximate surface area is 122 Å². The Morgan fingerprint density at radius 1 is 1.47 bits per heavy atom. The predicted molar refractivity (Wildman–Crippen MR) is 78.4 cm³/mol. The van der Waals surface area contributed by atoms with Crippen molar-refractivity contribution in [2.24, 2.45) is 5.92 Å². The monoisotopic (exact) mass is 340 g/mol. The highest BCUT2D eigenvalue weighted by atomic mass is 79.9. The van der Waals surface area contributed by atoms with E-state index in [-0.39, 0.29) is 5.56 Å². The molecule has 0 aliphatic heterocycles. The lowest BCUT2D eigenvalue weighted by atomic mass is 10.4. The SMILES string of the molecule is O=c1c(Br)c(NCc2cncs2)cnn1CC1CC1. The molecule has 0 amide bonds. The maximum Gasteiger partial charge on any atom is 0.283 e. The number of nitrogens with one attached hydrogen (secondary N) is 1. The summed E-state index contributed by atoms with van der Waals surface area (Å²) in [7, 11) is 0. The van der Waals surface area contributed by atoms with Crippen molar-refractivity contribution in [1.82, 2.24) is 14.8 Å². The van der Waals surface area contributed by atoms with E-state index in [9.17, 15) is 4.79 Å². The maximum atomic E-state index is 12.1. The molecule has 1 aliphatic rings. The van der Waals surface area contributed by atoms with Crippen LogP contribution in [0.5, 0.6) is 0 Å². The molecule has 1 N–H and O–H groups in total. The van der Waals surface area contributed by atoms with Crippen LogP contribution in [-0.4, -0.2) is 14.8 Å². The highest BCUT2D eigenvalue weighted by molar-refractivity contribution is 9.10. The van der Waals surface area contributed by atoms with Crippen LogP contribution in [0.3, 0.4) is 0 Å². The van der Waals surface area contributed by atoms with Crippen molar-refractivity contribution in [2.75, 3.05) is 5.32 Å². The fourth-order valence-corrected chi connectivity index (χ4v) is 2.76. The molecule has 1 fully saturated rings. The van der Waals surface area contributed by atoms with Crippen LogP contribution >= 0.6 is 27.3 Å². The zero-order valence-electron chi connectivity index (χ0n) is 10.2. The minimum absolute atomic E-state index is 0.0683. The van der Waals surface area contributed by atoms with E-state index in [0.717, 1.165) is 17.1 Å². The van der Waals surface area contributed by atoms with Crippen molar-refractivity contribution in [3.05, 3.63) is 37.6 Å². The van der Waals surface area contributed by atoms with E-state index in [4.69, 9.17) is 0 Å². The van der Waals surface area contributed by atoms with Gasteiger partial charge in [0.25, 0.3) is 5.56 Å². The average molecular weight is 341 g/mol. The van der Waals surface area contributed by atoms with E-state index in [1.807, 2.05) is 6.20 Å². The summed E-state index contributed by atoms with van der Waals surface area (Å²) in [6.45, 7) is 1.38. The molecule has 2 heterocycles. The topological polar surface area (TPSA) is 59.8 Å². The smallest absolute Gasteiger partial charge is 0.283 e. The van der Waals surface area contributed by atoms with Gasteiger partial charge in [-0.3, -0.25) is 9.78 Å². The summed E-state index contributed by atoms with van der Waals surface area (Å²) in [5.41, 5.74) is 2.45. The fourth-order valence-electron chi connectivity index (χ4n) is 1.78. The van der Waals surface area contributed by atoms with Crippen molar-refractivity contribution < 1.29 is 0 Å². The summed E-state index contributed by atoms with van der Waals surface area (Å²) in [6.07, 6.45) is 5.93. The number of aromatic nitrogens is 3. The Balaban J connectivity index is 1.74. The normalized spacial score (nSPS) is 14.6. The molecule has 0 bridgehead atoms. The Morgan fingerprint density at radius 3 is 3.00 bits per heavy atom. The second kappa shape index (κ2) is 5.42. The maximum absolute atomic E-state index is 12.1. The van der Waals surface area contributed by atoms with Crippen LogP contribution < -0.4 is 10.9 Å². The van der Waals surface area contributed by atoms with Crippen LogP contribution in [0.25, 0.3) is 0 Å². The molecule has 1 saturated carbocycles. The van der Waals surface area contributed by atoms with Gasteiger partial charge in [0, 0.05) is 17.6 Å². The van der Waals surface area contributed by atoms with Gasteiger partial charge in [-0.25, -0.2) is 4.68 Å². The number of thiazole rings is 1. The summed E-state index contributed by atoms with van der Waals surface area (Å²) in [4.78, 5) is 17.3. The van der Waals surface area contributed by atoms with Crippen molar-refractivity contribution in [2.45, 2.75) is 25.9 Å². The molecule has 0 radical (unpaired) electrons. The molecular weight excluding hydrogens is 328 g/mol. The van der Waals surface area contributed by atoms with Crippen LogP contribution in [-0.2, 0) is 13.1 Å². The minimum atomic E-state index is -0.0683. The molecule has 0 atom stereocenters. The Kier molecular flexibility index (Phi) is 3.65. The van der Waals surface area contributed by atoms with Crippen LogP contribution in [0.2, 0.25) is 0 Å². The van der Waals surface area contributed by atoms with Gasteiger partial charge in [0.2, 0.25) is 0 Å². The fraction of sp³-hybridized carbons (Fsp3) is 0.417. The van der Waals surface area contributed by atoms with Gasteiger partial charge in [-0.15, -0.1) is 11.3 Å². The number of anilines is 1. The Morgan fingerprint density at radius 2 is 2.32 bits per heavy atom. The van der Waals surface area contributed by atoms with Gasteiger partial charge >= 0.3 is 0 Å². The van der Waals surface area contributed by atoms with Gasteiger partial charge in [0.15, 0.2) is 0 Å². The lowest BCUT2D eigenvalue weighted by molar-refractivity contribution is 0.532. The second-order valence-corrected chi connectivity index (χ2v) is 6.39. The van der Waals surface area contributed by atoms with Crippen molar-refractivity contribution in [3.8, 4) is 0 Å². The summed E-state index contributed by atoms with van der Waals surface area (Å²) < 4.78 is 2.09. The molecule has 5 nitrogen and oxygen atoms in total. The van der Waals surface area contributed by atoms with Gasteiger partial charge in [-0.2, -0.15) is 5.10 Å². The third kappa shape index (κ3) is 3.03. The average Bonchev–Trinajstić information content (AvgIpc) is 3.07. The summed E-state index contributed by atoms with van der Waals surface area (Å²) in [6, 6.07) is 0. The summed E-state index contributed by atoms with van der Waals surface area (Å²) in [5, 5.41) is 7.42. The molecule has 2 aromatic heterocycles. The first kappa shape index (κ1) is 12.8. The van der Waals surface area contributed by atoms with Gasteiger partial charge in [-0.05, 0) is 34.7 Å². The molecule has 0 spiro atoms. The molecule has 3 rings (SSSR count). The van der Waals surface area contributed by atoms with E-state index in [1.54, 1.807) is 27.7 Å². The van der Waals surface area contributed by atoms with Gasteiger partial charge in [0.05, 0.1) is 23.9 Å². The molecule has 100 valence electrons. The first-order chi connectivity index (χ1) is 9.24. The van der Waals surface area contributed by atoms with Crippen molar-refractivity contribution in [3.63, 3.8) is 0 Å². The zero-order chi connectivity index (χ0) is 13.2. The van der Waals surface area contributed by atoms with E-state index in [0.29, 0.717) is 16.9 Å². The van der Waals surface area contributed by atoms with Crippen LogP contribution in [0.4, 0.5) is 5.69 Å². The highest BCUT2D eigenvalue weighted by Gasteiger charge is 2.23. The number of hydrogen-bond donors (Lipinski definition) is 1. The first-order valence-corrected chi connectivity index (χ1v) is 7.78. The molecule has 1 aliphatic carbocycles. The van der Waals surface area contributed by atoms with E-state index < -0.39 is 0 Å². The Hall–Kier alpha value is -1.21. The van der Waals surface area contributed by atoms with E-state index in [1.165, 1.54) is 12.8 Å². The molecule has 7 heteroatoms. The quantitative estimate of drug-likeness (QED) is 0.908. The first-order valence-electron chi connectivity index (χ1n) is 6.11. The molecule has 19 heavy (non-hydrogen) atoms. The van der Waals surface area contributed by atoms with Crippen LogP contribution in [0.1, 0.15) is 17.7 Å². The molecular formula is C12H13BrN4OS. The highest BCUT2D eigenvalue weighted by Crippen LogP contribution is 2.30. The Bertz CT molecular complexity index is 621. The van der Waals surface area contributed by atoms with E-state index >= 15 is 0 Å². The van der Waals surface area contributed by atoms with Gasteiger partial charge < -0.3 is 5.32 Å². The third-order valence-corrected chi connectivity index (χ3v) is 4.60. The number of nitrogens with zero attached hydrogens (tertiary/aromatic N) is 3. The van der Waals surface area contributed by atoms with Crippen LogP contribution in [0.15, 0.2) is 27.2 Å².